The minimum Gasteiger partial charge on any atom is -0.291 e. The second-order valence-electron chi connectivity index (χ2n) is 3.21. The molecule has 0 atom stereocenters. The van der Waals surface area contributed by atoms with Crippen molar-refractivity contribution in [3.63, 3.8) is 0 Å². The van der Waals surface area contributed by atoms with Crippen molar-refractivity contribution in [3.8, 4) is 0 Å². The average molecular weight is 140 g/mol. The number of nitrogens with two attached hydrogens (primary N) is 1. The molecule has 0 aromatic rings. The summed E-state index contributed by atoms with van der Waals surface area (Å²) in [5, 5.41) is 2.98. The van der Waals surface area contributed by atoms with Crippen molar-refractivity contribution in [1.29, 1.82) is 0 Å². The lowest BCUT2D eigenvalue weighted by Gasteiger charge is -2.19. The minimum absolute atomic E-state index is 0.0145. The topological polar surface area (TPSA) is 52.0 Å². The van der Waals surface area contributed by atoms with Crippen LogP contribution in [-0.4, -0.2) is 11.5 Å². The molecule has 1 aliphatic heterocycles. The molecule has 0 bridgehead atoms. The Morgan fingerprint density at radius 1 is 1.60 bits per heavy atom. The van der Waals surface area contributed by atoms with Crippen LogP contribution in [0, 0.1) is 0 Å². The molecule has 0 spiro atoms. The second kappa shape index (κ2) is 2.01. The van der Waals surface area contributed by atoms with Gasteiger partial charge in [-0.15, -0.1) is 0 Å². The summed E-state index contributed by atoms with van der Waals surface area (Å²) < 4.78 is 0. The zero-order chi connectivity index (χ0) is 7.78. The molecule has 4 N–H and O–H groups in total. The number of nitrogens with one attached hydrogen (secondary N) is 2. The van der Waals surface area contributed by atoms with E-state index in [1.807, 2.05) is 6.92 Å². The van der Waals surface area contributed by atoms with E-state index in [0.717, 1.165) is 5.70 Å². The monoisotopic (exact) mass is 140 g/mol. The van der Waals surface area contributed by atoms with Gasteiger partial charge in [-0.05, 0) is 26.8 Å². The summed E-state index contributed by atoms with van der Waals surface area (Å²) in [6, 6.07) is 0. The summed E-state index contributed by atoms with van der Waals surface area (Å²) in [7, 11) is 0. The molecule has 10 heavy (non-hydrogen) atoms. The van der Waals surface area contributed by atoms with E-state index in [1.165, 1.54) is 0 Å². The van der Waals surface area contributed by atoms with E-state index in [4.69, 9.17) is 5.73 Å². The molecule has 3 heteroatoms. The van der Waals surface area contributed by atoms with Crippen molar-refractivity contribution in [2.24, 2.45) is 5.73 Å². The van der Waals surface area contributed by atoms with Crippen LogP contribution in [0.1, 0.15) is 20.8 Å². The third-order valence-electron chi connectivity index (χ3n) is 1.37. The van der Waals surface area contributed by atoms with E-state index in [2.05, 4.69) is 30.2 Å². The van der Waals surface area contributed by atoms with Gasteiger partial charge in [0, 0.05) is 0 Å². The van der Waals surface area contributed by atoms with Gasteiger partial charge in [0.15, 0.2) is 0 Å². The Morgan fingerprint density at radius 3 is 2.60 bits per heavy atom. The van der Waals surface area contributed by atoms with Gasteiger partial charge in [0.2, 0.25) is 0 Å². The van der Waals surface area contributed by atoms with Gasteiger partial charge in [-0.25, -0.2) is 5.32 Å². The van der Waals surface area contributed by atoms with Crippen molar-refractivity contribution in [3.05, 3.63) is 11.8 Å². The van der Waals surface area contributed by atoms with Gasteiger partial charge in [-0.3, -0.25) is 10.7 Å². The summed E-state index contributed by atoms with van der Waals surface area (Å²) in [4.78, 5) is 3.09. The van der Waals surface area contributed by atoms with E-state index in [9.17, 15) is 0 Å². The van der Waals surface area contributed by atoms with Crippen LogP contribution in [-0.2, 0) is 0 Å². The first-order chi connectivity index (χ1) is 4.49. The minimum atomic E-state index is -0.0145. The molecule has 0 radical (unpaired) electrons. The highest BCUT2D eigenvalue weighted by atomic mass is 15.1. The molecule has 1 heterocycles. The van der Waals surface area contributed by atoms with Crippen molar-refractivity contribution in [1.82, 2.24) is 5.32 Å². The number of allylic oxidation sites excluding steroid dienone is 1. The van der Waals surface area contributed by atoms with Crippen LogP contribution in [0.5, 0.6) is 0 Å². The maximum absolute atomic E-state index is 5.55. The standard InChI is InChI=1S/C7H13N3/c1-5-4-7(2,3)10-6(8)9-5/h4H,1-3H3,(H3,8,9,10)/p+1. The lowest BCUT2D eigenvalue weighted by molar-refractivity contribution is -0.532. The number of rotatable bonds is 0. The van der Waals surface area contributed by atoms with E-state index in [0.29, 0.717) is 5.96 Å². The quantitative estimate of drug-likeness (QED) is 0.390. The lowest BCUT2D eigenvalue weighted by atomic mass is 10.0. The van der Waals surface area contributed by atoms with Gasteiger partial charge in [0.25, 0.3) is 0 Å². The molecule has 0 aliphatic carbocycles. The Hall–Kier alpha value is -0.990. The Morgan fingerprint density at radius 2 is 2.20 bits per heavy atom. The molecule has 1 aliphatic rings. The molecule has 0 aromatic heterocycles. The molecule has 0 saturated carbocycles. The molecule has 3 nitrogen and oxygen atoms in total. The van der Waals surface area contributed by atoms with Gasteiger partial charge >= 0.3 is 5.96 Å². The molecule has 0 unspecified atom stereocenters. The Balaban J connectivity index is 2.88. The fraction of sp³-hybridized carbons (Fsp3) is 0.571. The highest BCUT2D eigenvalue weighted by molar-refractivity contribution is 5.74. The lowest BCUT2D eigenvalue weighted by Crippen LogP contribution is -2.90. The van der Waals surface area contributed by atoms with Crippen LogP contribution in [0.25, 0.3) is 0 Å². The Labute approximate surface area is 61.0 Å². The largest absolute Gasteiger partial charge is 0.346 e. The van der Waals surface area contributed by atoms with Crippen LogP contribution in [0.4, 0.5) is 0 Å². The van der Waals surface area contributed by atoms with Crippen molar-refractivity contribution in [2.45, 2.75) is 26.3 Å². The molecule has 1 rings (SSSR count). The first kappa shape index (κ1) is 7.12. The fourth-order valence-corrected chi connectivity index (χ4v) is 1.20. The smallest absolute Gasteiger partial charge is 0.291 e. The Kier molecular flexibility index (Phi) is 1.43. The van der Waals surface area contributed by atoms with Gasteiger partial charge in [0.05, 0.1) is 5.70 Å². The molecule has 0 fully saturated rings. The van der Waals surface area contributed by atoms with Crippen molar-refractivity contribution < 1.29 is 4.99 Å². The average Bonchev–Trinajstić information content (AvgIpc) is 1.54. The SMILES string of the molecule is CC1=CC(C)(C)[NH+]=C(N)N1. The molecule has 0 aromatic carbocycles. The van der Waals surface area contributed by atoms with Crippen LogP contribution in [0.2, 0.25) is 0 Å². The summed E-state index contributed by atoms with van der Waals surface area (Å²) >= 11 is 0. The van der Waals surface area contributed by atoms with Gasteiger partial charge in [-0.2, -0.15) is 0 Å². The van der Waals surface area contributed by atoms with Crippen LogP contribution >= 0.6 is 0 Å². The number of hydrogen-bond acceptors (Lipinski definition) is 2. The zero-order valence-corrected chi connectivity index (χ0v) is 6.65. The summed E-state index contributed by atoms with van der Waals surface area (Å²) in [6.07, 6.45) is 2.10. The number of guanidine groups is 1. The van der Waals surface area contributed by atoms with Crippen LogP contribution in [0.3, 0.4) is 0 Å². The third kappa shape index (κ3) is 1.50. The number of hydrogen-bond donors (Lipinski definition) is 3. The van der Waals surface area contributed by atoms with Gasteiger partial charge < -0.3 is 0 Å². The summed E-state index contributed by atoms with van der Waals surface area (Å²) in [6.45, 7) is 6.14. The summed E-state index contributed by atoms with van der Waals surface area (Å²) in [5.74, 6) is 0.630. The predicted molar refractivity (Wildman–Crippen MR) is 41.1 cm³/mol. The van der Waals surface area contributed by atoms with Crippen LogP contribution in [0.15, 0.2) is 11.8 Å². The van der Waals surface area contributed by atoms with Crippen molar-refractivity contribution in [2.75, 3.05) is 0 Å². The molecule has 56 valence electrons. The fourth-order valence-electron chi connectivity index (χ4n) is 1.20. The predicted octanol–water partition coefficient (Wildman–Crippen LogP) is -1.33. The van der Waals surface area contributed by atoms with E-state index >= 15 is 0 Å². The maximum Gasteiger partial charge on any atom is 0.346 e. The highest BCUT2D eigenvalue weighted by Crippen LogP contribution is 2.01. The van der Waals surface area contributed by atoms with Gasteiger partial charge in [0.1, 0.15) is 5.54 Å². The maximum atomic E-state index is 5.55. The van der Waals surface area contributed by atoms with Gasteiger partial charge in [-0.1, -0.05) is 0 Å². The molecule has 0 saturated heterocycles. The summed E-state index contributed by atoms with van der Waals surface area (Å²) in [5.41, 5.74) is 6.64. The normalized spacial score (nSPS) is 22.7. The van der Waals surface area contributed by atoms with E-state index in [1.54, 1.807) is 0 Å². The Bertz CT molecular complexity index is 181. The van der Waals surface area contributed by atoms with Crippen LogP contribution < -0.4 is 16.0 Å². The first-order valence-electron chi connectivity index (χ1n) is 3.37. The molecular formula is C7H14N3+. The van der Waals surface area contributed by atoms with E-state index < -0.39 is 0 Å². The van der Waals surface area contributed by atoms with Crippen molar-refractivity contribution >= 4 is 5.96 Å². The second-order valence-corrected chi connectivity index (χ2v) is 3.21. The molecular weight excluding hydrogens is 126 g/mol. The van der Waals surface area contributed by atoms with E-state index in [-0.39, 0.29) is 5.54 Å². The molecule has 0 amide bonds. The highest BCUT2D eigenvalue weighted by Gasteiger charge is 2.21. The third-order valence-corrected chi connectivity index (χ3v) is 1.37. The first-order valence-corrected chi connectivity index (χ1v) is 3.37. The zero-order valence-electron chi connectivity index (χ0n) is 6.65.